The van der Waals surface area contributed by atoms with E-state index in [1.807, 2.05) is 6.92 Å². The van der Waals surface area contributed by atoms with Crippen molar-refractivity contribution in [1.29, 1.82) is 0 Å². The minimum absolute atomic E-state index is 0.0563. The molecular weight excluding hydrogens is 236 g/mol. The van der Waals surface area contributed by atoms with Crippen molar-refractivity contribution >= 4 is 11.7 Å². The number of aromatic nitrogens is 1. The van der Waals surface area contributed by atoms with Gasteiger partial charge in [-0.25, -0.2) is 4.98 Å². The van der Waals surface area contributed by atoms with Gasteiger partial charge in [0.2, 0.25) is 0 Å². The molecule has 0 aromatic carbocycles. The van der Waals surface area contributed by atoms with Crippen LogP contribution in [0.15, 0.2) is 12.1 Å². The van der Waals surface area contributed by atoms with Crippen LogP contribution in [0.5, 0.6) is 0 Å². The summed E-state index contributed by atoms with van der Waals surface area (Å²) in [6.45, 7) is 3.19. The lowest BCUT2D eigenvalue weighted by molar-refractivity contribution is -0.389. The molecule has 2 heterocycles. The highest BCUT2D eigenvalue weighted by molar-refractivity contribution is 5.93. The predicted octanol–water partition coefficient (Wildman–Crippen LogP) is 0.732. The fraction of sp³-hybridized carbons (Fsp3) is 0.545. The number of rotatable bonds is 3. The molecule has 0 spiro atoms. The molecule has 2 unspecified atom stereocenters. The van der Waals surface area contributed by atoms with Crippen LogP contribution in [-0.4, -0.2) is 39.8 Å². The number of nitrogens with two attached hydrogens (primary N) is 1. The second-order valence-electron chi connectivity index (χ2n) is 4.67. The normalized spacial score (nSPS) is 21.0. The number of amides is 1. The Morgan fingerprint density at radius 2 is 2.39 bits per heavy atom. The summed E-state index contributed by atoms with van der Waals surface area (Å²) in [7, 11) is 0. The van der Waals surface area contributed by atoms with Gasteiger partial charge in [-0.3, -0.25) is 4.79 Å². The van der Waals surface area contributed by atoms with Crippen LogP contribution in [0.3, 0.4) is 0 Å². The number of nitro groups is 1. The summed E-state index contributed by atoms with van der Waals surface area (Å²) in [5, 5.41) is 10.5. The molecule has 1 saturated heterocycles. The molecule has 0 aliphatic carbocycles. The first kappa shape index (κ1) is 12.6. The van der Waals surface area contributed by atoms with Crippen LogP contribution < -0.4 is 5.73 Å². The van der Waals surface area contributed by atoms with E-state index >= 15 is 0 Å². The molecule has 1 aromatic heterocycles. The Morgan fingerprint density at radius 3 is 2.89 bits per heavy atom. The molecule has 18 heavy (non-hydrogen) atoms. The van der Waals surface area contributed by atoms with Crippen LogP contribution in [0.4, 0.5) is 5.82 Å². The number of nitrogens with zero attached hydrogens (tertiary/aromatic N) is 2. The summed E-state index contributed by atoms with van der Waals surface area (Å²) in [4.78, 5) is 26.3. The van der Waals surface area contributed by atoms with Crippen LogP contribution >= 0.6 is 0 Å². The lowest BCUT2D eigenvalue weighted by Gasteiger charge is -2.16. The van der Waals surface area contributed by atoms with E-state index in [1.54, 1.807) is 4.90 Å². The van der Waals surface area contributed by atoms with E-state index in [-0.39, 0.29) is 23.5 Å². The first-order chi connectivity index (χ1) is 8.49. The smallest absolute Gasteiger partial charge is 0.321 e. The maximum absolute atomic E-state index is 12.1. The van der Waals surface area contributed by atoms with Crippen molar-refractivity contribution in [2.75, 3.05) is 13.1 Å². The molecule has 1 fully saturated rings. The molecule has 7 nitrogen and oxygen atoms in total. The van der Waals surface area contributed by atoms with Crippen LogP contribution in [-0.2, 0) is 0 Å². The first-order valence-electron chi connectivity index (χ1n) is 5.87. The number of carbonyl (C=O) groups excluding carboxylic acids is 1. The van der Waals surface area contributed by atoms with Crippen LogP contribution in [0, 0.1) is 16.0 Å². The molecule has 0 bridgehead atoms. The average Bonchev–Trinajstić information content (AvgIpc) is 2.97. The van der Waals surface area contributed by atoms with E-state index in [1.165, 1.54) is 12.1 Å². The molecule has 0 saturated carbocycles. The zero-order chi connectivity index (χ0) is 13.3. The number of carbonyl (C=O) groups is 1. The van der Waals surface area contributed by atoms with Gasteiger partial charge in [-0.05, 0) is 30.3 Å². The van der Waals surface area contributed by atoms with Crippen LogP contribution in [0.2, 0.25) is 0 Å². The van der Waals surface area contributed by atoms with Gasteiger partial charge in [0.25, 0.3) is 5.91 Å². The fourth-order valence-electron chi connectivity index (χ4n) is 2.19. The highest BCUT2D eigenvalue weighted by Gasteiger charge is 2.30. The molecule has 1 amide bonds. The molecule has 2 atom stereocenters. The zero-order valence-electron chi connectivity index (χ0n) is 10.1. The Labute approximate surface area is 104 Å². The third kappa shape index (κ3) is 2.35. The molecule has 2 rings (SSSR count). The minimum Gasteiger partial charge on any atom is -0.358 e. The van der Waals surface area contributed by atoms with Gasteiger partial charge in [-0.1, -0.05) is 0 Å². The van der Waals surface area contributed by atoms with Gasteiger partial charge in [0.15, 0.2) is 5.69 Å². The van der Waals surface area contributed by atoms with E-state index in [4.69, 9.17) is 5.73 Å². The largest absolute Gasteiger partial charge is 0.358 e. The molecular formula is C11H16N4O3. The van der Waals surface area contributed by atoms with Gasteiger partial charge in [-0.15, -0.1) is 0 Å². The van der Waals surface area contributed by atoms with Gasteiger partial charge < -0.3 is 20.7 Å². The van der Waals surface area contributed by atoms with Crippen molar-refractivity contribution < 1.29 is 9.72 Å². The molecule has 3 N–H and O–H groups in total. The number of hydrogen-bond donors (Lipinski definition) is 2. The number of likely N-dealkylation sites (tertiary alicyclic amines) is 1. The number of hydrogen-bond acceptors (Lipinski definition) is 4. The summed E-state index contributed by atoms with van der Waals surface area (Å²) >= 11 is 0. The van der Waals surface area contributed by atoms with Gasteiger partial charge in [0.1, 0.15) is 0 Å². The lowest BCUT2D eigenvalue weighted by atomic mass is 10.0. The van der Waals surface area contributed by atoms with Crippen LogP contribution in [0.25, 0.3) is 0 Å². The van der Waals surface area contributed by atoms with Gasteiger partial charge in [-0.2, -0.15) is 0 Å². The van der Waals surface area contributed by atoms with E-state index in [2.05, 4.69) is 4.98 Å². The third-order valence-electron chi connectivity index (χ3n) is 3.35. The zero-order valence-corrected chi connectivity index (χ0v) is 10.1. The van der Waals surface area contributed by atoms with E-state index in [0.29, 0.717) is 19.0 Å². The first-order valence-corrected chi connectivity index (χ1v) is 5.87. The average molecular weight is 252 g/mol. The van der Waals surface area contributed by atoms with Gasteiger partial charge in [0, 0.05) is 25.2 Å². The summed E-state index contributed by atoms with van der Waals surface area (Å²) in [5.74, 6) is -0.0635. The summed E-state index contributed by atoms with van der Waals surface area (Å²) in [6, 6.07) is 2.80. The molecule has 7 heteroatoms. The van der Waals surface area contributed by atoms with Crippen molar-refractivity contribution in [3.8, 4) is 0 Å². The molecule has 0 radical (unpaired) electrons. The van der Waals surface area contributed by atoms with Crippen molar-refractivity contribution in [1.82, 2.24) is 9.88 Å². The molecule has 1 aromatic rings. The predicted molar refractivity (Wildman–Crippen MR) is 65.1 cm³/mol. The molecule has 1 aliphatic rings. The standard InChI is InChI=1S/C11H16N4O3/c1-7(12)8-4-5-14(6-8)11(16)9-2-3-10(13-9)15(17)18/h2-3,7-8,13H,4-6,12H2,1H3. The Balaban J connectivity index is 2.05. The van der Waals surface area contributed by atoms with Crippen molar-refractivity contribution in [3.63, 3.8) is 0 Å². The second-order valence-corrected chi connectivity index (χ2v) is 4.67. The Bertz CT molecular complexity index is 469. The maximum Gasteiger partial charge on any atom is 0.321 e. The molecule has 1 aliphatic heterocycles. The van der Waals surface area contributed by atoms with Gasteiger partial charge in [0.05, 0.1) is 0 Å². The van der Waals surface area contributed by atoms with Crippen molar-refractivity contribution in [3.05, 3.63) is 27.9 Å². The fourth-order valence-corrected chi connectivity index (χ4v) is 2.19. The van der Waals surface area contributed by atoms with E-state index in [0.717, 1.165) is 6.42 Å². The van der Waals surface area contributed by atoms with Crippen LogP contribution in [0.1, 0.15) is 23.8 Å². The number of aromatic amines is 1. The lowest BCUT2D eigenvalue weighted by Crippen LogP contribution is -2.33. The van der Waals surface area contributed by atoms with E-state index < -0.39 is 4.92 Å². The van der Waals surface area contributed by atoms with Crippen molar-refractivity contribution in [2.45, 2.75) is 19.4 Å². The maximum atomic E-state index is 12.1. The summed E-state index contributed by atoms with van der Waals surface area (Å²) in [6.07, 6.45) is 0.881. The van der Waals surface area contributed by atoms with Crippen molar-refractivity contribution in [2.24, 2.45) is 11.7 Å². The topological polar surface area (TPSA) is 105 Å². The molecule has 98 valence electrons. The number of H-pyrrole nitrogens is 1. The van der Waals surface area contributed by atoms with Gasteiger partial charge >= 0.3 is 5.82 Å². The third-order valence-corrected chi connectivity index (χ3v) is 3.35. The Kier molecular flexibility index (Phi) is 3.33. The Morgan fingerprint density at radius 1 is 1.67 bits per heavy atom. The highest BCUT2D eigenvalue weighted by Crippen LogP contribution is 2.21. The number of nitrogens with one attached hydrogen (secondary N) is 1. The SMILES string of the molecule is CC(N)C1CCN(C(=O)c2ccc([N+](=O)[O-])[nH]2)C1. The quantitative estimate of drug-likeness (QED) is 0.611. The monoisotopic (exact) mass is 252 g/mol. The summed E-state index contributed by atoms with van der Waals surface area (Å²) in [5.41, 5.74) is 6.06. The second kappa shape index (κ2) is 4.77. The highest BCUT2D eigenvalue weighted by atomic mass is 16.6. The minimum atomic E-state index is -0.550. The van der Waals surface area contributed by atoms with E-state index in [9.17, 15) is 14.9 Å². The Hall–Kier alpha value is -1.89. The summed E-state index contributed by atoms with van der Waals surface area (Å²) < 4.78 is 0.